The number of para-hydroxylation sites is 1. The first-order valence-electron chi connectivity index (χ1n) is 11.3. The van der Waals surface area contributed by atoms with E-state index in [2.05, 4.69) is 77.4 Å². The van der Waals surface area contributed by atoms with Crippen molar-refractivity contribution in [2.75, 3.05) is 0 Å². The smallest absolute Gasteiger partial charge is 0.177 e. The van der Waals surface area contributed by atoms with Crippen molar-refractivity contribution in [1.29, 1.82) is 10.5 Å². The Balaban J connectivity index is 1.76. The van der Waals surface area contributed by atoms with E-state index < -0.39 is 0 Å². The number of aromatic nitrogens is 3. The predicted octanol–water partition coefficient (Wildman–Crippen LogP) is 6.78. The zero-order chi connectivity index (χ0) is 24.3. The van der Waals surface area contributed by atoms with Crippen LogP contribution >= 0.6 is 0 Å². The van der Waals surface area contributed by atoms with E-state index in [1.807, 2.05) is 30.3 Å². The summed E-state index contributed by atoms with van der Waals surface area (Å²) in [4.78, 5) is 9.16. The van der Waals surface area contributed by atoms with E-state index in [9.17, 15) is 10.5 Å². The second kappa shape index (κ2) is 7.52. The molecule has 0 spiro atoms. The standard InChI is InChI=1S/C30H19N5/c1-4-5-12-25-17(2)19-9-6-7-13-26(19)35(25)27-14-22-28-20(18(27)3)10-8-11-21(28)29-30(22)34-24(16-32)23(15-31)33-29/h4-14H,1H2,2-3H3/b12-5-. The third-order valence-corrected chi connectivity index (χ3v) is 6.83. The Morgan fingerprint density at radius 1 is 0.857 bits per heavy atom. The number of hydrogen-bond donors (Lipinski definition) is 0. The number of hydrogen-bond acceptors (Lipinski definition) is 4. The molecule has 0 atom stereocenters. The third-order valence-electron chi connectivity index (χ3n) is 6.83. The Morgan fingerprint density at radius 3 is 2.26 bits per heavy atom. The molecule has 6 rings (SSSR count). The Bertz CT molecular complexity index is 1860. The average molecular weight is 450 g/mol. The van der Waals surface area contributed by atoms with Crippen molar-refractivity contribution in [3.8, 4) is 40.3 Å². The molecule has 5 nitrogen and oxygen atoms in total. The van der Waals surface area contributed by atoms with Gasteiger partial charge in [0.25, 0.3) is 0 Å². The zero-order valence-corrected chi connectivity index (χ0v) is 19.3. The fourth-order valence-electron chi connectivity index (χ4n) is 5.23. The van der Waals surface area contributed by atoms with Gasteiger partial charge in [-0.3, -0.25) is 0 Å². The maximum absolute atomic E-state index is 9.59. The van der Waals surface area contributed by atoms with Crippen molar-refractivity contribution in [2.24, 2.45) is 0 Å². The molecule has 164 valence electrons. The average Bonchev–Trinajstić information content (AvgIpc) is 3.35. The van der Waals surface area contributed by atoms with E-state index >= 15 is 0 Å². The number of fused-ring (bicyclic) bond motifs is 4. The summed E-state index contributed by atoms with van der Waals surface area (Å²) in [6, 6.07) is 20.7. The molecule has 0 amide bonds. The molecule has 0 radical (unpaired) electrons. The first kappa shape index (κ1) is 20.6. The first-order chi connectivity index (χ1) is 17.1. The van der Waals surface area contributed by atoms with Crippen molar-refractivity contribution in [1.82, 2.24) is 14.5 Å². The summed E-state index contributed by atoms with van der Waals surface area (Å²) < 4.78 is 2.28. The zero-order valence-electron chi connectivity index (χ0n) is 19.3. The van der Waals surface area contributed by atoms with Crippen LogP contribution in [-0.2, 0) is 0 Å². The van der Waals surface area contributed by atoms with Crippen LogP contribution < -0.4 is 0 Å². The van der Waals surface area contributed by atoms with Gasteiger partial charge in [-0.25, -0.2) is 9.97 Å². The summed E-state index contributed by atoms with van der Waals surface area (Å²) in [5, 5.41) is 22.4. The lowest BCUT2D eigenvalue weighted by atomic mass is 9.98. The topological polar surface area (TPSA) is 78.3 Å². The highest BCUT2D eigenvalue weighted by Crippen LogP contribution is 2.48. The summed E-state index contributed by atoms with van der Waals surface area (Å²) >= 11 is 0. The van der Waals surface area contributed by atoms with Gasteiger partial charge in [-0.2, -0.15) is 10.5 Å². The van der Waals surface area contributed by atoms with Crippen LogP contribution in [0.4, 0.5) is 0 Å². The molecule has 0 saturated heterocycles. The molecule has 2 heterocycles. The van der Waals surface area contributed by atoms with Gasteiger partial charge in [0.1, 0.15) is 12.1 Å². The van der Waals surface area contributed by atoms with Gasteiger partial charge in [-0.1, -0.05) is 55.1 Å². The second-order valence-corrected chi connectivity index (χ2v) is 8.60. The molecule has 1 aliphatic rings. The number of nitriles is 2. The summed E-state index contributed by atoms with van der Waals surface area (Å²) in [6.45, 7) is 8.12. The van der Waals surface area contributed by atoms with Gasteiger partial charge in [0.15, 0.2) is 11.4 Å². The van der Waals surface area contributed by atoms with E-state index in [1.54, 1.807) is 6.08 Å². The van der Waals surface area contributed by atoms with Gasteiger partial charge in [0.2, 0.25) is 0 Å². The fraction of sp³-hybridized carbons (Fsp3) is 0.0667. The van der Waals surface area contributed by atoms with Gasteiger partial charge < -0.3 is 4.57 Å². The molecule has 0 saturated carbocycles. The molecule has 0 aliphatic heterocycles. The number of benzene rings is 3. The minimum absolute atomic E-state index is 0.0474. The maximum Gasteiger partial charge on any atom is 0.177 e. The van der Waals surface area contributed by atoms with Gasteiger partial charge in [-0.15, -0.1) is 0 Å². The Kier molecular flexibility index (Phi) is 4.42. The van der Waals surface area contributed by atoms with Crippen LogP contribution in [0.1, 0.15) is 28.2 Å². The second-order valence-electron chi connectivity index (χ2n) is 8.60. The van der Waals surface area contributed by atoms with Crippen molar-refractivity contribution in [3.05, 3.63) is 95.5 Å². The molecule has 0 fully saturated rings. The molecule has 2 aromatic heterocycles. The number of nitrogens with zero attached hydrogens (tertiary/aromatic N) is 5. The molecular formula is C30H19N5. The van der Waals surface area contributed by atoms with Gasteiger partial charge in [0.05, 0.1) is 22.6 Å². The van der Waals surface area contributed by atoms with Crippen molar-refractivity contribution in [2.45, 2.75) is 13.8 Å². The van der Waals surface area contributed by atoms with Crippen LogP contribution in [-0.4, -0.2) is 14.5 Å². The van der Waals surface area contributed by atoms with Crippen molar-refractivity contribution < 1.29 is 0 Å². The van der Waals surface area contributed by atoms with Crippen molar-refractivity contribution >= 4 is 27.8 Å². The van der Waals surface area contributed by atoms with Gasteiger partial charge in [-0.05, 0) is 48.6 Å². The van der Waals surface area contributed by atoms with E-state index in [4.69, 9.17) is 0 Å². The first-order valence-corrected chi connectivity index (χ1v) is 11.3. The maximum atomic E-state index is 9.59. The number of aryl methyl sites for hydroxylation is 2. The van der Waals surface area contributed by atoms with E-state index in [1.165, 1.54) is 10.9 Å². The van der Waals surface area contributed by atoms with E-state index in [0.29, 0.717) is 11.4 Å². The monoisotopic (exact) mass is 449 g/mol. The SMILES string of the molecule is C=C/C=C\c1c(C)c2ccccc2n1-c1cc2c3c(cccc3c1C)-c1nc(C#N)c(C#N)nc1-2. The minimum atomic E-state index is 0.0474. The van der Waals surface area contributed by atoms with Crippen LogP contribution in [0.2, 0.25) is 0 Å². The number of allylic oxidation sites excluding steroid dienone is 2. The Hall–Kier alpha value is -5.00. The Morgan fingerprint density at radius 2 is 1.54 bits per heavy atom. The van der Waals surface area contributed by atoms with Gasteiger partial charge in [0, 0.05) is 27.6 Å². The summed E-state index contributed by atoms with van der Waals surface area (Å²) in [6.07, 6.45) is 5.82. The van der Waals surface area contributed by atoms with Crippen LogP contribution in [0.25, 0.3) is 56.0 Å². The molecule has 1 aliphatic carbocycles. The lowest BCUT2D eigenvalue weighted by Gasteiger charge is -2.16. The largest absolute Gasteiger partial charge is 0.309 e. The normalized spacial score (nSPS) is 11.7. The van der Waals surface area contributed by atoms with Gasteiger partial charge >= 0.3 is 0 Å². The lowest BCUT2D eigenvalue weighted by molar-refractivity contribution is 1.08. The molecular weight excluding hydrogens is 430 g/mol. The van der Waals surface area contributed by atoms with E-state index in [0.717, 1.165) is 44.4 Å². The highest BCUT2D eigenvalue weighted by atomic mass is 15.0. The highest BCUT2D eigenvalue weighted by molar-refractivity contribution is 6.15. The van der Waals surface area contributed by atoms with Crippen LogP contribution in [0.3, 0.4) is 0 Å². The minimum Gasteiger partial charge on any atom is -0.309 e. The molecule has 3 aromatic carbocycles. The molecule has 5 aromatic rings. The summed E-state index contributed by atoms with van der Waals surface area (Å²) in [5.74, 6) is 0. The molecule has 0 N–H and O–H groups in total. The fourth-order valence-corrected chi connectivity index (χ4v) is 5.23. The quantitative estimate of drug-likeness (QED) is 0.279. The predicted molar refractivity (Wildman–Crippen MR) is 139 cm³/mol. The Labute approximate surface area is 202 Å². The van der Waals surface area contributed by atoms with Crippen LogP contribution in [0.15, 0.2) is 67.3 Å². The number of rotatable bonds is 3. The lowest BCUT2D eigenvalue weighted by Crippen LogP contribution is -2.02. The van der Waals surface area contributed by atoms with Crippen LogP contribution in [0, 0.1) is 36.5 Å². The van der Waals surface area contributed by atoms with Crippen molar-refractivity contribution in [3.63, 3.8) is 0 Å². The summed E-state index contributed by atoms with van der Waals surface area (Å²) in [7, 11) is 0. The third kappa shape index (κ3) is 2.73. The van der Waals surface area contributed by atoms with Crippen LogP contribution in [0.5, 0.6) is 0 Å². The highest BCUT2D eigenvalue weighted by Gasteiger charge is 2.29. The molecule has 0 bridgehead atoms. The molecule has 0 unspecified atom stereocenters. The van der Waals surface area contributed by atoms with E-state index in [-0.39, 0.29) is 11.4 Å². The summed E-state index contributed by atoms with van der Waals surface area (Å²) in [5.41, 5.74) is 8.81. The molecule has 35 heavy (non-hydrogen) atoms. The molecule has 5 heteroatoms.